The third-order valence-corrected chi connectivity index (χ3v) is 2.86. The Labute approximate surface area is 113 Å². The van der Waals surface area contributed by atoms with Crippen LogP contribution in [0.15, 0.2) is 21.1 Å². The second kappa shape index (κ2) is 5.49. The van der Waals surface area contributed by atoms with E-state index in [-0.39, 0.29) is 13.2 Å². The lowest BCUT2D eigenvalue weighted by atomic mass is 10.1. The van der Waals surface area contributed by atoms with Crippen molar-refractivity contribution < 1.29 is 14.4 Å². The molecule has 96 valence electrons. The highest BCUT2D eigenvalue weighted by atomic mass is 79.9. The fourth-order valence-corrected chi connectivity index (χ4v) is 2.28. The van der Waals surface area contributed by atoms with E-state index < -0.39 is 0 Å². The molecule has 0 aliphatic carbocycles. The molecule has 0 atom stereocenters. The van der Waals surface area contributed by atoms with Gasteiger partial charge in [0.05, 0.1) is 6.61 Å². The molecule has 0 aliphatic heterocycles. The number of aliphatic hydroxyl groups excluding tert-OH is 1. The zero-order valence-corrected chi connectivity index (χ0v) is 11.7. The van der Waals surface area contributed by atoms with Gasteiger partial charge >= 0.3 is 0 Å². The third-order valence-electron chi connectivity index (χ3n) is 2.40. The van der Waals surface area contributed by atoms with Gasteiger partial charge in [-0.1, -0.05) is 21.1 Å². The summed E-state index contributed by atoms with van der Waals surface area (Å²) in [5.41, 5.74) is 1.66. The van der Waals surface area contributed by atoms with Crippen LogP contribution in [0.5, 0.6) is 5.75 Å². The molecule has 1 N–H and O–H groups in total. The topological polar surface area (TPSA) is 68.4 Å². The highest BCUT2D eigenvalue weighted by Crippen LogP contribution is 2.28. The maximum atomic E-state index is 9.32. The molecule has 0 unspecified atom stereocenters. The van der Waals surface area contributed by atoms with Crippen molar-refractivity contribution in [1.82, 2.24) is 10.1 Å². The lowest BCUT2D eigenvalue weighted by Gasteiger charge is -2.12. The molecule has 0 radical (unpaired) electrons. The number of hydrogen-bond donors (Lipinski definition) is 1. The van der Waals surface area contributed by atoms with Crippen LogP contribution < -0.4 is 4.74 Å². The van der Waals surface area contributed by atoms with E-state index in [0.29, 0.717) is 17.5 Å². The average Bonchev–Trinajstić information content (AvgIpc) is 2.73. The Morgan fingerprint density at radius 3 is 2.78 bits per heavy atom. The van der Waals surface area contributed by atoms with Crippen LogP contribution in [0.4, 0.5) is 0 Å². The number of aryl methyl sites for hydroxylation is 2. The average molecular weight is 313 g/mol. The smallest absolute Gasteiger partial charge is 0.223 e. The molecule has 0 amide bonds. The van der Waals surface area contributed by atoms with Crippen molar-refractivity contribution >= 4 is 15.9 Å². The zero-order valence-electron chi connectivity index (χ0n) is 10.1. The molecule has 0 aliphatic rings. The number of rotatable bonds is 4. The van der Waals surface area contributed by atoms with Crippen LogP contribution in [0.25, 0.3) is 0 Å². The molecule has 1 aromatic carbocycles. The maximum absolute atomic E-state index is 9.32. The summed E-state index contributed by atoms with van der Waals surface area (Å²) in [7, 11) is 0. The van der Waals surface area contributed by atoms with Gasteiger partial charge in [-0.15, -0.1) is 0 Å². The van der Waals surface area contributed by atoms with E-state index in [0.717, 1.165) is 15.6 Å². The molecular formula is C12H13BrN2O3. The van der Waals surface area contributed by atoms with Crippen LogP contribution in [0.3, 0.4) is 0 Å². The number of hydrogen-bond acceptors (Lipinski definition) is 5. The maximum Gasteiger partial charge on any atom is 0.223 e. The minimum Gasteiger partial charge on any atom is -0.485 e. The largest absolute Gasteiger partial charge is 0.485 e. The number of benzene rings is 1. The predicted molar refractivity (Wildman–Crippen MR) is 68.2 cm³/mol. The van der Waals surface area contributed by atoms with Crippen LogP contribution in [-0.4, -0.2) is 15.2 Å². The van der Waals surface area contributed by atoms with Crippen LogP contribution in [0, 0.1) is 13.8 Å². The van der Waals surface area contributed by atoms with E-state index in [1.54, 1.807) is 6.92 Å². The first-order chi connectivity index (χ1) is 8.60. The molecular weight excluding hydrogens is 300 g/mol. The van der Waals surface area contributed by atoms with E-state index in [2.05, 4.69) is 26.1 Å². The summed E-state index contributed by atoms with van der Waals surface area (Å²) in [6.45, 7) is 3.77. The van der Waals surface area contributed by atoms with Crippen molar-refractivity contribution in [3.63, 3.8) is 0 Å². The van der Waals surface area contributed by atoms with E-state index in [1.165, 1.54) is 0 Å². The van der Waals surface area contributed by atoms with Gasteiger partial charge in [0.2, 0.25) is 11.7 Å². The molecule has 0 spiro atoms. The highest BCUT2D eigenvalue weighted by molar-refractivity contribution is 9.10. The van der Waals surface area contributed by atoms with Gasteiger partial charge in [-0.25, -0.2) is 0 Å². The van der Waals surface area contributed by atoms with Gasteiger partial charge in [0.25, 0.3) is 0 Å². The Kier molecular flexibility index (Phi) is 3.98. The molecule has 2 rings (SSSR count). The van der Waals surface area contributed by atoms with E-state index in [1.807, 2.05) is 19.1 Å². The van der Waals surface area contributed by atoms with Crippen molar-refractivity contribution in [1.29, 1.82) is 0 Å². The number of halogens is 1. The molecule has 1 aromatic heterocycles. The first kappa shape index (κ1) is 13.0. The molecule has 1 heterocycles. The van der Waals surface area contributed by atoms with Gasteiger partial charge < -0.3 is 14.4 Å². The molecule has 0 saturated carbocycles. The Hall–Kier alpha value is -1.40. The molecule has 18 heavy (non-hydrogen) atoms. The van der Waals surface area contributed by atoms with Gasteiger partial charge in [0, 0.05) is 17.0 Å². The normalized spacial score (nSPS) is 10.7. The number of aliphatic hydroxyl groups is 1. The first-order valence-corrected chi connectivity index (χ1v) is 6.21. The third kappa shape index (κ3) is 2.88. The van der Waals surface area contributed by atoms with Gasteiger partial charge in [-0.2, -0.15) is 4.98 Å². The Bertz CT molecular complexity index is 554. The monoisotopic (exact) mass is 312 g/mol. The summed E-state index contributed by atoms with van der Waals surface area (Å²) in [6.07, 6.45) is 0. The Balaban J connectivity index is 2.18. The highest BCUT2D eigenvalue weighted by Gasteiger charge is 2.10. The molecule has 0 saturated heterocycles. The summed E-state index contributed by atoms with van der Waals surface area (Å²) in [5, 5.41) is 13.1. The predicted octanol–water partition coefficient (Wildman–Crippen LogP) is 2.52. The quantitative estimate of drug-likeness (QED) is 0.939. The van der Waals surface area contributed by atoms with Crippen molar-refractivity contribution in [2.45, 2.75) is 27.1 Å². The molecule has 0 bridgehead atoms. The van der Waals surface area contributed by atoms with Gasteiger partial charge in [-0.3, -0.25) is 0 Å². The van der Waals surface area contributed by atoms with E-state index >= 15 is 0 Å². The van der Waals surface area contributed by atoms with Crippen LogP contribution in [0.1, 0.15) is 22.8 Å². The zero-order chi connectivity index (χ0) is 13.1. The van der Waals surface area contributed by atoms with E-state index in [9.17, 15) is 5.11 Å². The number of ether oxygens (including phenoxy) is 1. The SMILES string of the molecule is Cc1nc(COc2c(C)cc(Br)cc2CO)no1. The fraction of sp³-hybridized carbons (Fsp3) is 0.333. The molecule has 0 fully saturated rings. The van der Waals surface area contributed by atoms with E-state index in [4.69, 9.17) is 9.26 Å². The Morgan fingerprint density at radius 1 is 1.39 bits per heavy atom. The number of nitrogens with zero attached hydrogens (tertiary/aromatic N) is 2. The van der Waals surface area contributed by atoms with Crippen LogP contribution >= 0.6 is 15.9 Å². The van der Waals surface area contributed by atoms with Gasteiger partial charge in [0.15, 0.2) is 6.61 Å². The summed E-state index contributed by atoms with van der Waals surface area (Å²) in [6, 6.07) is 3.75. The van der Waals surface area contributed by atoms with Crippen LogP contribution in [0.2, 0.25) is 0 Å². The summed E-state index contributed by atoms with van der Waals surface area (Å²) >= 11 is 3.38. The second-order valence-corrected chi connectivity index (χ2v) is 4.80. The molecule has 5 nitrogen and oxygen atoms in total. The fourth-order valence-electron chi connectivity index (χ4n) is 1.66. The molecule has 6 heteroatoms. The summed E-state index contributed by atoms with van der Waals surface area (Å²) in [4.78, 5) is 4.05. The summed E-state index contributed by atoms with van der Waals surface area (Å²) in [5.74, 6) is 1.64. The summed E-state index contributed by atoms with van der Waals surface area (Å²) < 4.78 is 11.4. The minimum atomic E-state index is -0.0825. The molecule has 2 aromatic rings. The second-order valence-electron chi connectivity index (χ2n) is 3.89. The van der Waals surface area contributed by atoms with Gasteiger partial charge in [0.1, 0.15) is 5.75 Å². The minimum absolute atomic E-state index is 0.0825. The first-order valence-electron chi connectivity index (χ1n) is 5.42. The van der Waals surface area contributed by atoms with Crippen LogP contribution in [-0.2, 0) is 13.2 Å². The van der Waals surface area contributed by atoms with Gasteiger partial charge in [-0.05, 0) is 24.6 Å². The van der Waals surface area contributed by atoms with Crippen molar-refractivity contribution in [3.05, 3.63) is 39.4 Å². The standard InChI is InChI=1S/C12H13BrN2O3/c1-7-3-10(13)4-9(5-16)12(7)17-6-11-14-8(2)18-15-11/h3-4,16H,5-6H2,1-2H3. The van der Waals surface area contributed by atoms with Crippen molar-refractivity contribution in [2.75, 3.05) is 0 Å². The number of aromatic nitrogens is 2. The lowest BCUT2D eigenvalue weighted by molar-refractivity contribution is 0.251. The lowest BCUT2D eigenvalue weighted by Crippen LogP contribution is -2.02. The Morgan fingerprint density at radius 2 is 2.17 bits per heavy atom. The van der Waals surface area contributed by atoms with Crippen molar-refractivity contribution in [2.24, 2.45) is 0 Å². The van der Waals surface area contributed by atoms with Crippen molar-refractivity contribution in [3.8, 4) is 5.75 Å².